The first-order valence-corrected chi connectivity index (χ1v) is 5.83. The Balaban J connectivity index is 2.59. The van der Waals surface area contributed by atoms with Crippen LogP contribution in [0.25, 0.3) is 0 Å². The second-order valence-electron chi connectivity index (χ2n) is 4.16. The van der Waals surface area contributed by atoms with Crippen LogP contribution in [0.1, 0.15) is 12.5 Å². The van der Waals surface area contributed by atoms with Gasteiger partial charge in [0.15, 0.2) is 0 Å². The molecule has 0 aliphatic rings. The number of para-hydroxylation sites is 1. The zero-order valence-corrected chi connectivity index (χ0v) is 10.7. The third-order valence-corrected chi connectivity index (χ3v) is 2.40. The van der Waals surface area contributed by atoms with Crippen LogP contribution in [0.2, 0.25) is 0 Å². The lowest BCUT2D eigenvalue weighted by molar-refractivity contribution is -0.111. The maximum absolute atomic E-state index is 11.6. The summed E-state index contributed by atoms with van der Waals surface area (Å²) < 4.78 is 0. The number of carbonyl (C=O) groups is 1. The van der Waals surface area contributed by atoms with Gasteiger partial charge in [-0.3, -0.25) is 4.79 Å². The van der Waals surface area contributed by atoms with Crippen LogP contribution >= 0.6 is 0 Å². The fraction of sp³-hybridized carbons (Fsp3) is 0.357. The van der Waals surface area contributed by atoms with E-state index in [1.54, 1.807) is 6.08 Å². The van der Waals surface area contributed by atoms with Crippen molar-refractivity contribution in [3.63, 3.8) is 0 Å². The summed E-state index contributed by atoms with van der Waals surface area (Å²) >= 11 is 0. The van der Waals surface area contributed by atoms with Gasteiger partial charge >= 0.3 is 0 Å². The molecular weight excluding hydrogens is 212 g/mol. The molecule has 0 bridgehead atoms. The van der Waals surface area contributed by atoms with E-state index >= 15 is 0 Å². The van der Waals surface area contributed by atoms with Crippen molar-refractivity contribution in [3.05, 3.63) is 42.0 Å². The number of hydrogen-bond donors (Lipinski definition) is 1. The number of hydrogen-bond acceptors (Lipinski definition) is 2. The highest BCUT2D eigenvalue weighted by molar-refractivity contribution is 5.99. The monoisotopic (exact) mass is 232 g/mol. The van der Waals surface area contributed by atoms with Crippen molar-refractivity contribution in [2.75, 3.05) is 26.0 Å². The van der Waals surface area contributed by atoms with E-state index in [1.165, 1.54) is 0 Å². The van der Waals surface area contributed by atoms with Gasteiger partial charge in [0.05, 0.1) is 0 Å². The third-order valence-electron chi connectivity index (χ3n) is 2.40. The van der Waals surface area contributed by atoms with Crippen LogP contribution in [-0.4, -0.2) is 31.4 Å². The highest BCUT2D eigenvalue weighted by Gasteiger charge is 2.01. The lowest BCUT2D eigenvalue weighted by atomic mass is 10.1. The number of amides is 1. The molecule has 0 saturated heterocycles. The van der Waals surface area contributed by atoms with Crippen molar-refractivity contribution in [2.24, 2.45) is 0 Å². The summed E-state index contributed by atoms with van der Waals surface area (Å²) in [5.74, 6) is -0.0762. The van der Waals surface area contributed by atoms with Crippen molar-refractivity contribution in [1.29, 1.82) is 0 Å². The van der Waals surface area contributed by atoms with Gasteiger partial charge < -0.3 is 10.2 Å². The Labute approximate surface area is 103 Å². The van der Waals surface area contributed by atoms with E-state index in [0.29, 0.717) is 0 Å². The zero-order valence-electron chi connectivity index (χ0n) is 10.7. The Morgan fingerprint density at radius 3 is 2.71 bits per heavy atom. The number of carbonyl (C=O) groups excluding carboxylic acids is 1. The predicted molar refractivity (Wildman–Crippen MR) is 72.1 cm³/mol. The largest absolute Gasteiger partial charge is 0.322 e. The van der Waals surface area contributed by atoms with Crippen LogP contribution in [0.4, 0.5) is 5.69 Å². The molecule has 1 aromatic carbocycles. The topological polar surface area (TPSA) is 32.3 Å². The molecule has 0 aliphatic heterocycles. The van der Waals surface area contributed by atoms with Crippen molar-refractivity contribution < 1.29 is 4.79 Å². The van der Waals surface area contributed by atoms with Gasteiger partial charge in [-0.1, -0.05) is 31.2 Å². The van der Waals surface area contributed by atoms with Gasteiger partial charge in [-0.05, 0) is 32.1 Å². The predicted octanol–water partition coefficient (Wildman–Crippen LogP) is 2.31. The van der Waals surface area contributed by atoms with E-state index in [4.69, 9.17) is 0 Å². The average molecular weight is 232 g/mol. The minimum Gasteiger partial charge on any atom is -0.322 e. The summed E-state index contributed by atoms with van der Waals surface area (Å²) in [6, 6.07) is 7.87. The van der Waals surface area contributed by atoms with Crippen molar-refractivity contribution >= 4 is 11.6 Å². The Kier molecular flexibility index (Phi) is 5.43. The zero-order chi connectivity index (χ0) is 12.7. The summed E-state index contributed by atoms with van der Waals surface area (Å²) in [7, 11) is 3.93. The molecule has 0 saturated carbocycles. The van der Waals surface area contributed by atoms with E-state index in [9.17, 15) is 4.79 Å². The Morgan fingerprint density at radius 2 is 2.06 bits per heavy atom. The smallest absolute Gasteiger partial charge is 0.248 e. The van der Waals surface area contributed by atoms with Crippen LogP contribution in [0, 0.1) is 0 Å². The number of anilines is 1. The first-order valence-electron chi connectivity index (χ1n) is 5.83. The third kappa shape index (κ3) is 4.83. The molecule has 92 valence electrons. The summed E-state index contributed by atoms with van der Waals surface area (Å²) in [5, 5.41) is 2.89. The molecule has 0 radical (unpaired) electrons. The lowest BCUT2D eigenvalue weighted by Crippen LogP contribution is -2.13. The molecular formula is C14H20N2O. The lowest BCUT2D eigenvalue weighted by Gasteiger charge is -2.08. The molecule has 3 nitrogen and oxygen atoms in total. The second kappa shape index (κ2) is 6.86. The van der Waals surface area contributed by atoms with Gasteiger partial charge in [0.2, 0.25) is 5.91 Å². The molecule has 3 heteroatoms. The number of nitrogens with zero attached hydrogens (tertiary/aromatic N) is 1. The SMILES string of the molecule is CCc1ccccc1NC(=O)/C=C/CN(C)C. The fourth-order valence-electron chi connectivity index (χ4n) is 1.50. The van der Waals surface area contributed by atoms with Gasteiger partial charge in [-0.25, -0.2) is 0 Å². The maximum Gasteiger partial charge on any atom is 0.248 e. The summed E-state index contributed by atoms with van der Waals surface area (Å²) in [6.07, 6.45) is 4.34. The minimum atomic E-state index is -0.0762. The molecule has 0 unspecified atom stereocenters. The number of benzene rings is 1. The van der Waals surface area contributed by atoms with Crippen LogP contribution in [0.3, 0.4) is 0 Å². The van der Waals surface area contributed by atoms with Gasteiger partial charge in [0.25, 0.3) is 0 Å². The van der Waals surface area contributed by atoms with Gasteiger partial charge in [-0.15, -0.1) is 0 Å². The molecule has 1 aromatic rings. The van der Waals surface area contributed by atoms with E-state index in [0.717, 1.165) is 24.2 Å². The van der Waals surface area contributed by atoms with Crippen LogP contribution in [0.5, 0.6) is 0 Å². The van der Waals surface area contributed by atoms with Crippen molar-refractivity contribution in [2.45, 2.75) is 13.3 Å². The summed E-state index contributed by atoms with van der Waals surface area (Å²) in [4.78, 5) is 13.6. The van der Waals surface area contributed by atoms with Crippen LogP contribution in [-0.2, 0) is 11.2 Å². The highest BCUT2D eigenvalue weighted by Crippen LogP contribution is 2.15. The molecule has 17 heavy (non-hydrogen) atoms. The van der Waals surface area contributed by atoms with E-state index < -0.39 is 0 Å². The normalized spacial score (nSPS) is 11.1. The first kappa shape index (κ1) is 13.5. The first-order chi connectivity index (χ1) is 8.13. The number of rotatable bonds is 5. The number of nitrogens with one attached hydrogen (secondary N) is 1. The minimum absolute atomic E-state index is 0.0762. The van der Waals surface area contributed by atoms with E-state index in [-0.39, 0.29) is 5.91 Å². The Morgan fingerprint density at radius 1 is 1.35 bits per heavy atom. The molecule has 1 rings (SSSR count). The quantitative estimate of drug-likeness (QED) is 0.790. The number of aryl methyl sites for hydroxylation is 1. The highest BCUT2D eigenvalue weighted by atomic mass is 16.1. The summed E-state index contributed by atoms with van der Waals surface area (Å²) in [6.45, 7) is 2.84. The second-order valence-corrected chi connectivity index (χ2v) is 4.16. The molecule has 1 N–H and O–H groups in total. The van der Waals surface area contributed by atoms with Gasteiger partial charge in [0.1, 0.15) is 0 Å². The van der Waals surface area contributed by atoms with Gasteiger partial charge in [0, 0.05) is 18.3 Å². The average Bonchev–Trinajstić information content (AvgIpc) is 2.29. The van der Waals surface area contributed by atoms with Crippen LogP contribution in [0.15, 0.2) is 36.4 Å². The van der Waals surface area contributed by atoms with Gasteiger partial charge in [-0.2, -0.15) is 0 Å². The number of likely N-dealkylation sites (N-methyl/N-ethyl adjacent to an activating group) is 1. The van der Waals surface area contributed by atoms with E-state index in [1.807, 2.05) is 49.3 Å². The maximum atomic E-state index is 11.6. The van der Waals surface area contributed by atoms with E-state index in [2.05, 4.69) is 12.2 Å². The molecule has 0 heterocycles. The molecule has 0 fully saturated rings. The van der Waals surface area contributed by atoms with Crippen molar-refractivity contribution in [1.82, 2.24) is 4.90 Å². The fourth-order valence-corrected chi connectivity index (χ4v) is 1.50. The van der Waals surface area contributed by atoms with Crippen LogP contribution < -0.4 is 5.32 Å². The molecule has 0 spiro atoms. The Hall–Kier alpha value is -1.61. The molecule has 0 aromatic heterocycles. The molecule has 1 amide bonds. The van der Waals surface area contributed by atoms with Crippen molar-refractivity contribution in [3.8, 4) is 0 Å². The molecule has 0 atom stereocenters. The summed E-state index contributed by atoms with van der Waals surface area (Å²) in [5.41, 5.74) is 2.05. The molecule has 0 aliphatic carbocycles. The Bertz CT molecular complexity index is 397. The standard InChI is InChI=1S/C14H20N2O/c1-4-12-8-5-6-9-13(12)15-14(17)10-7-11-16(2)3/h5-10H,4,11H2,1-3H3,(H,15,17)/b10-7+.